The van der Waals surface area contributed by atoms with E-state index in [1.54, 1.807) is 0 Å². The van der Waals surface area contributed by atoms with Crippen LogP contribution in [0.15, 0.2) is 4.21 Å². The summed E-state index contributed by atoms with van der Waals surface area (Å²) in [6.45, 7) is 10.7. The van der Waals surface area contributed by atoms with E-state index in [2.05, 4.69) is 20.8 Å². The monoisotopic (exact) mass is 420 g/mol. The molecule has 10 heteroatoms. The Hall–Kier alpha value is 0.297. The maximum atomic E-state index is 15.1. The number of hydrogen-bond acceptors (Lipinski definition) is 4. The molecule has 0 fully saturated rings. The topological polar surface area (TPSA) is 40.6 Å². The molecule has 0 amide bonds. The van der Waals surface area contributed by atoms with Crippen molar-refractivity contribution < 1.29 is 12.8 Å². The van der Waals surface area contributed by atoms with Crippen molar-refractivity contribution in [3.8, 4) is 0 Å². The Balaban J connectivity index is 3.73. The molecule has 23 heavy (non-hydrogen) atoms. The van der Waals surface area contributed by atoms with Crippen LogP contribution in [0.1, 0.15) is 25.6 Å². The fraction of sp³-hybridized carbons (Fsp3) is 0.692. The molecule has 0 atom stereocenters. The van der Waals surface area contributed by atoms with Gasteiger partial charge in [-0.15, -0.1) is 11.3 Å². The van der Waals surface area contributed by atoms with E-state index in [0.717, 1.165) is 11.3 Å². The molecule has 0 aliphatic heterocycles. The van der Waals surface area contributed by atoms with Crippen molar-refractivity contribution in [2.45, 2.75) is 49.7 Å². The SMILES string of the molecule is CN(C)Cc1sc(S(=O)(=O)N(Cl)Cl)c(F)c1[Si](C)(C)C(C)(C)C. The maximum Gasteiger partial charge on any atom is 0.282 e. The number of nitrogens with zero attached hydrogens (tertiary/aromatic N) is 2. The third-order valence-corrected chi connectivity index (χ3v) is 13.9. The second kappa shape index (κ2) is 6.90. The Bertz CT molecular complexity index is 683. The molecule has 0 spiro atoms. The highest BCUT2D eigenvalue weighted by molar-refractivity contribution is 7.93. The highest BCUT2D eigenvalue weighted by atomic mass is 35.5. The maximum absolute atomic E-state index is 15.1. The summed E-state index contributed by atoms with van der Waals surface area (Å²) in [5.41, 5.74) is 0. The zero-order valence-corrected chi connectivity index (χ0v) is 18.5. The summed E-state index contributed by atoms with van der Waals surface area (Å²) in [7, 11) is -2.81. The van der Waals surface area contributed by atoms with Crippen molar-refractivity contribution in [3.05, 3.63) is 10.7 Å². The number of thiophene rings is 1. The van der Waals surface area contributed by atoms with Gasteiger partial charge in [-0.05, 0) is 27.7 Å². The minimum Gasteiger partial charge on any atom is -0.304 e. The van der Waals surface area contributed by atoms with Gasteiger partial charge in [0.1, 0.15) is 0 Å². The third-order valence-electron chi connectivity index (χ3n) is 4.27. The van der Waals surface area contributed by atoms with Gasteiger partial charge < -0.3 is 4.90 Å². The highest BCUT2D eigenvalue weighted by Gasteiger charge is 2.44. The van der Waals surface area contributed by atoms with E-state index >= 15 is 4.39 Å². The Labute approximate surface area is 153 Å². The van der Waals surface area contributed by atoms with Crippen LogP contribution in [-0.4, -0.2) is 38.8 Å². The molecule has 1 rings (SSSR count). The minimum atomic E-state index is -4.24. The van der Waals surface area contributed by atoms with Crippen molar-refractivity contribution in [2.24, 2.45) is 0 Å². The molecule has 0 unspecified atom stereocenters. The van der Waals surface area contributed by atoms with Crippen LogP contribution in [-0.2, 0) is 16.6 Å². The molecule has 0 aliphatic rings. The van der Waals surface area contributed by atoms with Gasteiger partial charge in [0.05, 0.1) is 8.07 Å². The first-order valence-electron chi connectivity index (χ1n) is 6.97. The summed E-state index contributed by atoms with van der Waals surface area (Å²) in [4.78, 5) is 2.60. The second-order valence-corrected chi connectivity index (χ2v) is 16.9. The molecule has 4 nitrogen and oxygen atoms in total. The Morgan fingerprint density at radius 2 is 1.70 bits per heavy atom. The van der Waals surface area contributed by atoms with Gasteiger partial charge in [-0.1, -0.05) is 33.9 Å². The summed E-state index contributed by atoms with van der Waals surface area (Å²) < 4.78 is 39.2. The molecule has 1 heterocycles. The predicted octanol–water partition coefficient (Wildman–Crippen LogP) is 3.96. The van der Waals surface area contributed by atoms with E-state index in [-0.39, 0.29) is 8.38 Å². The Kier molecular flexibility index (Phi) is 6.40. The van der Waals surface area contributed by atoms with Crippen LogP contribution in [0.5, 0.6) is 0 Å². The average molecular weight is 421 g/mol. The van der Waals surface area contributed by atoms with Gasteiger partial charge in [0.25, 0.3) is 10.0 Å². The molecule has 1 aromatic rings. The standard InChI is InChI=1S/C13H23Cl2FN2O2S2Si/c1-13(2,3)23(6,7)11-9(8-17(4)5)21-12(10(11)16)22(19,20)18(14)15/h8H2,1-7H3. The van der Waals surface area contributed by atoms with Gasteiger partial charge in [-0.3, -0.25) is 0 Å². The predicted molar refractivity (Wildman–Crippen MR) is 99.2 cm³/mol. The quantitative estimate of drug-likeness (QED) is 0.534. The summed E-state index contributed by atoms with van der Waals surface area (Å²) in [5, 5.41) is 0.399. The molecule has 0 bridgehead atoms. The van der Waals surface area contributed by atoms with E-state index in [1.807, 2.05) is 32.1 Å². The van der Waals surface area contributed by atoms with E-state index in [4.69, 9.17) is 23.6 Å². The average Bonchev–Trinajstić information content (AvgIpc) is 2.64. The van der Waals surface area contributed by atoms with Crippen molar-refractivity contribution in [2.75, 3.05) is 14.1 Å². The number of sulfonamides is 1. The third kappa shape index (κ3) is 4.11. The summed E-state index contributed by atoms with van der Waals surface area (Å²) in [5.74, 6) is -0.704. The first-order valence-corrected chi connectivity index (χ1v) is 12.9. The largest absolute Gasteiger partial charge is 0.304 e. The number of rotatable bonds is 5. The zero-order valence-electron chi connectivity index (χ0n) is 14.4. The molecule has 0 saturated heterocycles. The molecule has 0 radical (unpaired) electrons. The van der Waals surface area contributed by atoms with E-state index in [9.17, 15) is 8.42 Å². The molecule has 0 aliphatic carbocycles. The van der Waals surface area contributed by atoms with Crippen LogP contribution in [0.3, 0.4) is 0 Å². The van der Waals surface area contributed by atoms with Crippen molar-refractivity contribution in [3.63, 3.8) is 0 Å². The van der Waals surface area contributed by atoms with Crippen LogP contribution in [0.4, 0.5) is 4.39 Å². The van der Waals surface area contributed by atoms with Crippen LogP contribution < -0.4 is 5.19 Å². The lowest BCUT2D eigenvalue weighted by atomic mass is 10.2. The lowest BCUT2D eigenvalue weighted by Gasteiger charge is -2.37. The lowest BCUT2D eigenvalue weighted by molar-refractivity contribution is 0.407. The molecule has 134 valence electrons. The molecule has 1 aromatic heterocycles. The van der Waals surface area contributed by atoms with Crippen molar-refractivity contribution in [1.29, 1.82) is 0 Å². The van der Waals surface area contributed by atoms with Gasteiger partial charge >= 0.3 is 0 Å². The van der Waals surface area contributed by atoms with E-state index in [1.165, 1.54) is 0 Å². The van der Waals surface area contributed by atoms with Gasteiger partial charge in [0, 0.05) is 35.0 Å². The molecule has 0 aromatic carbocycles. The zero-order chi connectivity index (χ0) is 18.4. The van der Waals surface area contributed by atoms with Crippen LogP contribution in [0.2, 0.25) is 18.1 Å². The summed E-state index contributed by atoms with van der Waals surface area (Å²) in [6.07, 6.45) is 0. The minimum absolute atomic E-state index is 0.0246. The lowest BCUT2D eigenvalue weighted by Crippen LogP contribution is -2.52. The fourth-order valence-electron chi connectivity index (χ4n) is 2.06. The fourth-order valence-corrected chi connectivity index (χ4v) is 8.35. The van der Waals surface area contributed by atoms with Gasteiger partial charge in [0.2, 0.25) is 0 Å². The number of hydrogen-bond donors (Lipinski definition) is 0. The van der Waals surface area contributed by atoms with Gasteiger partial charge in [0.15, 0.2) is 10.0 Å². The Morgan fingerprint density at radius 3 is 2.04 bits per heavy atom. The summed E-state index contributed by atoms with van der Waals surface area (Å²) in [6, 6.07) is 0. The number of halogens is 3. The van der Waals surface area contributed by atoms with Gasteiger partial charge in [-0.2, -0.15) is 0 Å². The Morgan fingerprint density at radius 1 is 1.22 bits per heavy atom. The van der Waals surface area contributed by atoms with Crippen molar-refractivity contribution >= 4 is 58.2 Å². The van der Waals surface area contributed by atoms with Crippen molar-refractivity contribution in [1.82, 2.24) is 8.24 Å². The van der Waals surface area contributed by atoms with Crippen LogP contribution in [0, 0.1) is 5.82 Å². The van der Waals surface area contributed by atoms with E-state index < -0.39 is 28.1 Å². The molecular weight excluding hydrogens is 398 g/mol. The molecule has 0 N–H and O–H groups in total. The molecular formula is C13H23Cl2FN2O2S2Si. The second-order valence-electron chi connectivity index (χ2n) is 7.29. The smallest absolute Gasteiger partial charge is 0.282 e. The highest BCUT2D eigenvalue weighted by Crippen LogP contribution is 2.40. The first-order chi connectivity index (χ1) is 10.1. The molecule has 0 saturated carbocycles. The van der Waals surface area contributed by atoms with Gasteiger partial charge in [-0.25, -0.2) is 12.8 Å². The van der Waals surface area contributed by atoms with E-state index in [0.29, 0.717) is 16.6 Å². The first kappa shape index (κ1) is 21.3. The van der Waals surface area contributed by atoms with Crippen LogP contribution in [0.25, 0.3) is 0 Å². The summed E-state index contributed by atoms with van der Waals surface area (Å²) >= 11 is 11.7. The van der Waals surface area contributed by atoms with Crippen LogP contribution >= 0.6 is 34.9 Å². The normalized spacial score (nSPS) is 14.1.